The van der Waals surface area contributed by atoms with Crippen LogP contribution in [0.3, 0.4) is 0 Å². The molecule has 0 saturated carbocycles. The van der Waals surface area contributed by atoms with E-state index in [1.165, 1.54) is 30.6 Å². The van der Waals surface area contributed by atoms with E-state index < -0.39 is 21.9 Å². The molecule has 0 bridgehead atoms. The number of nitrogens with zero attached hydrogens (tertiary/aromatic N) is 2. The van der Waals surface area contributed by atoms with Crippen molar-refractivity contribution in [3.05, 3.63) is 60.7 Å². The number of halogens is 1. The van der Waals surface area contributed by atoms with Crippen molar-refractivity contribution in [2.24, 2.45) is 5.92 Å². The van der Waals surface area contributed by atoms with Crippen molar-refractivity contribution in [1.82, 2.24) is 14.7 Å². The minimum atomic E-state index is -3.94. The first-order chi connectivity index (χ1) is 14.2. The number of nitrogens with two attached hydrogens (primary N) is 1. The van der Waals surface area contributed by atoms with Gasteiger partial charge in [-0.25, -0.2) is 22.5 Å². The van der Waals surface area contributed by atoms with E-state index in [4.69, 9.17) is 5.73 Å². The molecule has 166 valence electrons. The van der Waals surface area contributed by atoms with Gasteiger partial charge < -0.3 is 10.8 Å². The van der Waals surface area contributed by atoms with Crippen molar-refractivity contribution in [2.75, 3.05) is 12.3 Å². The van der Waals surface area contributed by atoms with Gasteiger partial charge in [-0.3, -0.25) is 4.98 Å². The lowest BCUT2D eigenvalue weighted by atomic mass is 10.0. The van der Waals surface area contributed by atoms with Gasteiger partial charge >= 0.3 is 0 Å². The van der Waals surface area contributed by atoms with Crippen molar-refractivity contribution in [2.45, 2.75) is 24.8 Å². The minimum absolute atomic E-state index is 0. The van der Waals surface area contributed by atoms with E-state index in [-0.39, 0.29) is 42.3 Å². The lowest BCUT2D eigenvalue weighted by Gasteiger charge is -2.21. The van der Waals surface area contributed by atoms with E-state index in [9.17, 15) is 17.9 Å². The summed E-state index contributed by atoms with van der Waals surface area (Å²) in [6.45, 7) is 3.29. The fourth-order valence-electron chi connectivity index (χ4n) is 2.95. The standard InChI is InChI=1S/C21H23FN4O3S.H2S/c1-13(2)19(12-27)26-30(28,29)20-6-4-3-5-15(20)14-7-8-16(17(22)9-14)18-10-25-21(23)11-24-18;/h3-11,13,19,26-27H,12H2,1-2H3,(H2,23,25);1H2/t19-;/m1./s1. The Morgan fingerprint density at radius 3 is 2.39 bits per heavy atom. The third kappa shape index (κ3) is 5.59. The van der Waals surface area contributed by atoms with Crippen LogP contribution in [0.25, 0.3) is 22.4 Å². The molecule has 1 aromatic heterocycles. The zero-order valence-electron chi connectivity index (χ0n) is 17.1. The van der Waals surface area contributed by atoms with Gasteiger partial charge in [-0.1, -0.05) is 38.1 Å². The molecule has 2 aromatic carbocycles. The smallest absolute Gasteiger partial charge is 0.241 e. The number of aliphatic hydroxyl groups is 1. The topological polar surface area (TPSA) is 118 Å². The Balaban J connectivity index is 0.00000341. The molecule has 0 aliphatic heterocycles. The summed E-state index contributed by atoms with van der Waals surface area (Å²) in [5.74, 6) is -0.443. The SMILES string of the molecule is CC(C)[C@@H](CO)NS(=O)(=O)c1ccccc1-c1ccc(-c2cnc(N)cn2)c(F)c1.S. The Labute approximate surface area is 188 Å². The predicted octanol–water partition coefficient (Wildman–Crippen LogP) is 2.94. The van der Waals surface area contributed by atoms with Crippen molar-refractivity contribution in [3.63, 3.8) is 0 Å². The number of aliphatic hydroxyl groups excluding tert-OH is 1. The van der Waals surface area contributed by atoms with Crippen molar-refractivity contribution in [1.29, 1.82) is 0 Å². The van der Waals surface area contributed by atoms with E-state index >= 15 is 0 Å². The van der Waals surface area contributed by atoms with Crippen molar-refractivity contribution < 1.29 is 17.9 Å². The molecule has 31 heavy (non-hydrogen) atoms. The maximum absolute atomic E-state index is 14.8. The van der Waals surface area contributed by atoms with Crippen LogP contribution in [0.15, 0.2) is 59.8 Å². The fourth-order valence-corrected chi connectivity index (χ4v) is 4.56. The molecule has 0 radical (unpaired) electrons. The zero-order valence-corrected chi connectivity index (χ0v) is 18.9. The van der Waals surface area contributed by atoms with Gasteiger partial charge in [-0.2, -0.15) is 13.5 Å². The van der Waals surface area contributed by atoms with Crippen LogP contribution in [0, 0.1) is 11.7 Å². The van der Waals surface area contributed by atoms with Crippen LogP contribution in [0.2, 0.25) is 0 Å². The molecule has 0 saturated heterocycles. The minimum Gasteiger partial charge on any atom is -0.395 e. The molecule has 10 heteroatoms. The molecule has 1 heterocycles. The maximum atomic E-state index is 14.8. The fraction of sp³-hybridized carbons (Fsp3) is 0.238. The van der Waals surface area contributed by atoms with Crippen molar-refractivity contribution >= 4 is 29.3 Å². The molecule has 4 N–H and O–H groups in total. The summed E-state index contributed by atoms with van der Waals surface area (Å²) in [6, 6.07) is 10.1. The van der Waals surface area contributed by atoms with E-state index in [0.717, 1.165) is 0 Å². The van der Waals surface area contributed by atoms with E-state index in [0.29, 0.717) is 16.8 Å². The second-order valence-electron chi connectivity index (χ2n) is 7.17. The number of sulfonamides is 1. The summed E-state index contributed by atoms with van der Waals surface area (Å²) < 4.78 is 43.3. The van der Waals surface area contributed by atoms with Crippen LogP contribution >= 0.6 is 13.5 Å². The first-order valence-corrected chi connectivity index (χ1v) is 10.8. The van der Waals surface area contributed by atoms with Gasteiger partial charge in [-0.15, -0.1) is 0 Å². The average Bonchev–Trinajstić information content (AvgIpc) is 2.72. The molecule has 1 atom stereocenters. The zero-order chi connectivity index (χ0) is 21.9. The van der Waals surface area contributed by atoms with Gasteiger partial charge in [0.1, 0.15) is 11.6 Å². The summed E-state index contributed by atoms with van der Waals surface area (Å²) in [5.41, 5.74) is 6.80. The van der Waals surface area contributed by atoms with E-state index in [1.807, 2.05) is 13.8 Å². The number of nitrogens with one attached hydrogen (secondary N) is 1. The lowest BCUT2D eigenvalue weighted by Crippen LogP contribution is -2.41. The molecule has 0 amide bonds. The number of hydrogen-bond donors (Lipinski definition) is 3. The normalized spacial score (nSPS) is 12.4. The molecule has 3 aromatic rings. The Bertz CT molecular complexity index is 1140. The third-order valence-electron chi connectivity index (χ3n) is 4.71. The number of aromatic nitrogens is 2. The number of nitrogen functional groups attached to an aromatic ring is 1. The van der Waals surface area contributed by atoms with Crippen molar-refractivity contribution in [3.8, 4) is 22.4 Å². The van der Waals surface area contributed by atoms with E-state index in [1.54, 1.807) is 24.3 Å². The third-order valence-corrected chi connectivity index (χ3v) is 6.26. The highest BCUT2D eigenvalue weighted by Crippen LogP contribution is 2.31. The second-order valence-corrected chi connectivity index (χ2v) is 8.85. The quantitative estimate of drug-likeness (QED) is 0.495. The van der Waals surface area contributed by atoms with Crippen LogP contribution < -0.4 is 10.5 Å². The summed E-state index contributed by atoms with van der Waals surface area (Å²) >= 11 is 0. The van der Waals surface area contributed by atoms with Crippen LogP contribution in [-0.2, 0) is 10.0 Å². The van der Waals surface area contributed by atoms with Crippen LogP contribution in [-0.4, -0.2) is 36.1 Å². The van der Waals surface area contributed by atoms with E-state index in [2.05, 4.69) is 14.7 Å². The highest BCUT2D eigenvalue weighted by Gasteiger charge is 2.25. The monoisotopic (exact) mass is 464 g/mol. The van der Waals surface area contributed by atoms with Gasteiger partial charge in [0.2, 0.25) is 10.0 Å². The molecule has 0 spiro atoms. The highest BCUT2D eigenvalue weighted by atomic mass is 32.2. The number of rotatable bonds is 7. The Kier molecular flexibility index (Phi) is 8.13. The summed E-state index contributed by atoms with van der Waals surface area (Å²) in [5, 5.41) is 9.49. The Morgan fingerprint density at radius 2 is 1.81 bits per heavy atom. The molecule has 0 fully saturated rings. The van der Waals surface area contributed by atoms with Gasteiger partial charge in [0.15, 0.2) is 0 Å². The van der Waals surface area contributed by atoms with Crippen LogP contribution in [0.4, 0.5) is 10.2 Å². The molecule has 3 rings (SSSR count). The summed E-state index contributed by atoms with van der Waals surface area (Å²) in [6.07, 6.45) is 2.71. The molecule has 0 aliphatic carbocycles. The predicted molar refractivity (Wildman–Crippen MR) is 124 cm³/mol. The van der Waals surface area contributed by atoms with Gasteiger partial charge in [0, 0.05) is 17.2 Å². The first kappa shape index (κ1) is 24.7. The molecular weight excluding hydrogens is 439 g/mol. The number of hydrogen-bond acceptors (Lipinski definition) is 6. The number of benzene rings is 2. The lowest BCUT2D eigenvalue weighted by molar-refractivity contribution is 0.227. The summed E-state index contributed by atoms with van der Waals surface area (Å²) in [7, 11) is -3.94. The molecule has 0 aliphatic rings. The van der Waals surface area contributed by atoms with Crippen LogP contribution in [0.1, 0.15) is 13.8 Å². The van der Waals surface area contributed by atoms with Gasteiger partial charge in [-0.05, 0) is 29.7 Å². The number of anilines is 1. The van der Waals surface area contributed by atoms with Gasteiger partial charge in [0.05, 0.1) is 29.6 Å². The van der Waals surface area contributed by atoms with Crippen LogP contribution in [0.5, 0.6) is 0 Å². The molecule has 0 unspecified atom stereocenters. The average molecular weight is 465 g/mol. The highest BCUT2D eigenvalue weighted by molar-refractivity contribution is 7.89. The molecule has 7 nitrogen and oxygen atoms in total. The van der Waals surface area contributed by atoms with Gasteiger partial charge in [0.25, 0.3) is 0 Å². The Hall–Kier alpha value is -2.53. The largest absolute Gasteiger partial charge is 0.395 e. The summed E-state index contributed by atoms with van der Waals surface area (Å²) in [4.78, 5) is 7.99. The first-order valence-electron chi connectivity index (χ1n) is 9.33. The maximum Gasteiger partial charge on any atom is 0.241 e. The Morgan fingerprint density at radius 1 is 1.10 bits per heavy atom. The second kappa shape index (κ2) is 10.2. The molecular formula is C21H25FN4O3S2.